The normalized spacial score (nSPS) is 23.9. The molecule has 0 fully saturated rings. The van der Waals surface area contributed by atoms with E-state index in [1.807, 2.05) is 6.07 Å². The quantitative estimate of drug-likeness (QED) is 0.684. The highest BCUT2D eigenvalue weighted by Crippen LogP contribution is 2.18. The van der Waals surface area contributed by atoms with E-state index in [1.54, 1.807) is 37.0 Å². The average molecular weight is 185 g/mol. The lowest BCUT2D eigenvalue weighted by Gasteiger charge is -2.22. The Balaban J connectivity index is 2.45. The van der Waals surface area contributed by atoms with E-state index in [0.717, 1.165) is 0 Å². The minimum atomic E-state index is -1.17. The Hall–Kier alpha value is -2.22. The predicted molar refractivity (Wildman–Crippen MR) is 50.1 cm³/mol. The zero-order valence-electron chi connectivity index (χ0n) is 7.25. The SMILES string of the molecule is N#CC1(c2ncccn2)N=CC=CN1. The second-order valence-electron chi connectivity index (χ2n) is 2.68. The Morgan fingerprint density at radius 1 is 1.36 bits per heavy atom. The topological polar surface area (TPSA) is 74.0 Å². The van der Waals surface area contributed by atoms with Crippen LogP contribution in [0.2, 0.25) is 0 Å². The maximum atomic E-state index is 9.05. The summed E-state index contributed by atoms with van der Waals surface area (Å²) in [5, 5.41) is 11.9. The summed E-state index contributed by atoms with van der Waals surface area (Å²) in [4.78, 5) is 12.0. The van der Waals surface area contributed by atoms with E-state index < -0.39 is 5.66 Å². The van der Waals surface area contributed by atoms with E-state index in [9.17, 15) is 0 Å². The molecule has 14 heavy (non-hydrogen) atoms. The molecule has 1 aromatic heterocycles. The van der Waals surface area contributed by atoms with E-state index in [0.29, 0.717) is 5.82 Å². The van der Waals surface area contributed by atoms with E-state index in [2.05, 4.69) is 20.3 Å². The van der Waals surface area contributed by atoms with Crippen LogP contribution in [0, 0.1) is 11.3 Å². The number of hydrogen-bond acceptors (Lipinski definition) is 5. The summed E-state index contributed by atoms with van der Waals surface area (Å²) in [6.45, 7) is 0. The van der Waals surface area contributed by atoms with Crippen LogP contribution in [0.1, 0.15) is 5.82 Å². The molecular weight excluding hydrogens is 178 g/mol. The van der Waals surface area contributed by atoms with Crippen LogP contribution < -0.4 is 5.32 Å². The van der Waals surface area contributed by atoms with Gasteiger partial charge >= 0.3 is 0 Å². The molecule has 1 atom stereocenters. The van der Waals surface area contributed by atoms with Crippen LogP contribution in [-0.2, 0) is 5.66 Å². The molecule has 1 aliphatic heterocycles. The highest BCUT2D eigenvalue weighted by Gasteiger charge is 2.33. The molecule has 1 N–H and O–H groups in total. The van der Waals surface area contributed by atoms with Crippen LogP contribution in [0.4, 0.5) is 0 Å². The molecule has 1 unspecified atom stereocenters. The third-order valence-corrected chi connectivity index (χ3v) is 1.79. The molecule has 5 nitrogen and oxygen atoms in total. The Labute approximate surface area is 80.8 Å². The summed E-state index contributed by atoms with van der Waals surface area (Å²) in [5.74, 6) is 0.350. The molecule has 0 spiro atoms. The van der Waals surface area contributed by atoms with Gasteiger partial charge in [0.15, 0.2) is 5.82 Å². The molecule has 2 rings (SSSR count). The van der Waals surface area contributed by atoms with Crippen molar-refractivity contribution in [1.29, 1.82) is 5.26 Å². The van der Waals surface area contributed by atoms with Crippen LogP contribution in [0.5, 0.6) is 0 Å². The lowest BCUT2D eigenvalue weighted by Crippen LogP contribution is -2.39. The number of aliphatic imine (C=N–C) groups is 1. The van der Waals surface area contributed by atoms with Crippen molar-refractivity contribution >= 4 is 6.21 Å². The number of nitrogens with zero attached hydrogens (tertiary/aromatic N) is 4. The summed E-state index contributed by atoms with van der Waals surface area (Å²) in [6.07, 6.45) is 8.06. The van der Waals surface area contributed by atoms with Crippen molar-refractivity contribution in [2.45, 2.75) is 5.66 Å². The molecule has 0 aliphatic carbocycles. The molecule has 2 heterocycles. The summed E-state index contributed by atoms with van der Waals surface area (Å²) in [5.41, 5.74) is -1.17. The van der Waals surface area contributed by atoms with Gasteiger partial charge in [0.1, 0.15) is 6.07 Å². The van der Waals surface area contributed by atoms with Crippen LogP contribution in [0.15, 0.2) is 35.7 Å². The van der Waals surface area contributed by atoms with E-state index in [1.165, 1.54) is 0 Å². The van der Waals surface area contributed by atoms with Gasteiger partial charge in [0.2, 0.25) is 0 Å². The smallest absolute Gasteiger partial charge is 0.278 e. The second kappa shape index (κ2) is 3.26. The number of allylic oxidation sites excluding steroid dienone is 1. The van der Waals surface area contributed by atoms with Gasteiger partial charge in [-0.1, -0.05) is 0 Å². The molecule has 0 saturated carbocycles. The molecule has 68 valence electrons. The molecular formula is C9H7N5. The van der Waals surface area contributed by atoms with Crippen molar-refractivity contribution in [2.24, 2.45) is 4.99 Å². The average Bonchev–Trinajstić information content (AvgIpc) is 2.31. The Bertz CT molecular complexity index is 417. The maximum Gasteiger partial charge on any atom is 0.278 e. The molecule has 0 bridgehead atoms. The third-order valence-electron chi connectivity index (χ3n) is 1.79. The second-order valence-corrected chi connectivity index (χ2v) is 2.68. The first-order valence-corrected chi connectivity index (χ1v) is 4.04. The van der Waals surface area contributed by atoms with Gasteiger partial charge in [0, 0.05) is 24.8 Å². The number of nitriles is 1. The van der Waals surface area contributed by atoms with Crippen LogP contribution >= 0.6 is 0 Å². The van der Waals surface area contributed by atoms with Crippen LogP contribution in [0.25, 0.3) is 0 Å². The first kappa shape index (κ1) is 8.38. The summed E-state index contributed by atoms with van der Waals surface area (Å²) >= 11 is 0. The molecule has 0 aromatic carbocycles. The molecule has 1 aliphatic rings. The Kier molecular flexibility index (Phi) is 1.95. The standard InChI is InChI=1S/C9H7N5/c10-7-9(13-5-2-6-14-9)8-11-3-1-4-12-8/h1-6,13H. The van der Waals surface area contributed by atoms with Crippen molar-refractivity contribution in [2.75, 3.05) is 0 Å². The van der Waals surface area contributed by atoms with Gasteiger partial charge in [-0.25, -0.2) is 15.0 Å². The van der Waals surface area contributed by atoms with E-state index in [-0.39, 0.29) is 0 Å². The Morgan fingerprint density at radius 3 is 2.71 bits per heavy atom. The number of hydrogen-bond donors (Lipinski definition) is 1. The van der Waals surface area contributed by atoms with E-state index in [4.69, 9.17) is 5.26 Å². The number of aromatic nitrogens is 2. The third kappa shape index (κ3) is 1.23. The lowest BCUT2D eigenvalue weighted by atomic mass is 10.1. The van der Waals surface area contributed by atoms with Gasteiger partial charge in [-0.15, -0.1) is 0 Å². The van der Waals surface area contributed by atoms with Gasteiger partial charge in [0.25, 0.3) is 5.66 Å². The fraction of sp³-hybridized carbons (Fsp3) is 0.111. The van der Waals surface area contributed by atoms with Crippen molar-refractivity contribution in [3.63, 3.8) is 0 Å². The van der Waals surface area contributed by atoms with Gasteiger partial charge in [-0.2, -0.15) is 5.26 Å². The zero-order valence-corrected chi connectivity index (χ0v) is 7.25. The Morgan fingerprint density at radius 2 is 2.14 bits per heavy atom. The van der Waals surface area contributed by atoms with Crippen LogP contribution in [-0.4, -0.2) is 16.2 Å². The largest absolute Gasteiger partial charge is 0.349 e. The van der Waals surface area contributed by atoms with Gasteiger partial charge < -0.3 is 5.32 Å². The van der Waals surface area contributed by atoms with Gasteiger partial charge in [-0.3, -0.25) is 0 Å². The van der Waals surface area contributed by atoms with Crippen LogP contribution in [0.3, 0.4) is 0 Å². The van der Waals surface area contributed by atoms with Crippen molar-refractivity contribution in [3.05, 3.63) is 36.6 Å². The van der Waals surface area contributed by atoms with Crippen molar-refractivity contribution in [1.82, 2.24) is 15.3 Å². The first-order valence-electron chi connectivity index (χ1n) is 4.04. The first-order chi connectivity index (χ1) is 6.87. The minimum Gasteiger partial charge on any atom is -0.349 e. The monoisotopic (exact) mass is 185 g/mol. The molecule has 5 heteroatoms. The van der Waals surface area contributed by atoms with Gasteiger partial charge in [0.05, 0.1) is 0 Å². The van der Waals surface area contributed by atoms with Crippen molar-refractivity contribution in [3.8, 4) is 6.07 Å². The fourth-order valence-corrected chi connectivity index (χ4v) is 1.12. The zero-order chi connectivity index (χ0) is 9.86. The van der Waals surface area contributed by atoms with E-state index >= 15 is 0 Å². The minimum absolute atomic E-state index is 0.350. The van der Waals surface area contributed by atoms with Crippen molar-refractivity contribution < 1.29 is 0 Å². The fourth-order valence-electron chi connectivity index (χ4n) is 1.12. The lowest BCUT2D eigenvalue weighted by molar-refractivity contribution is 0.481. The molecule has 0 saturated heterocycles. The highest BCUT2D eigenvalue weighted by molar-refractivity contribution is 5.73. The van der Waals surface area contributed by atoms with Gasteiger partial charge in [-0.05, 0) is 12.1 Å². The molecule has 0 amide bonds. The number of nitrogens with one attached hydrogen (secondary N) is 1. The molecule has 0 radical (unpaired) electrons. The predicted octanol–water partition coefficient (Wildman–Crippen LogP) is 0.341. The highest BCUT2D eigenvalue weighted by atomic mass is 15.2. The molecule has 1 aromatic rings. The maximum absolute atomic E-state index is 9.05. The number of rotatable bonds is 1. The summed E-state index contributed by atoms with van der Waals surface area (Å²) in [6, 6.07) is 3.74. The summed E-state index contributed by atoms with van der Waals surface area (Å²) in [7, 11) is 0. The summed E-state index contributed by atoms with van der Waals surface area (Å²) < 4.78 is 0.